The van der Waals surface area contributed by atoms with Crippen molar-refractivity contribution in [3.8, 4) is 5.75 Å². The van der Waals surface area contributed by atoms with Gasteiger partial charge in [0.15, 0.2) is 0 Å². The fourth-order valence-corrected chi connectivity index (χ4v) is 3.42. The number of nitrogens with two attached hydrogens (primary N) is 2. The number of amides is 4. The van der Waals surface area contributed by atoms with Gasteiger partial charge in [-0.3, -0.25) is 28.8 Å². The first kappa shape index (κ1) is 33.3. The first-order valence-electron chi connectivity index (χ1n) is 12.1. The molecule has 0 radical (unpaired) electrons. The summed E-state index contributed by atoms with van der Waals surface area (Å²) >= 11 is 0. The fourth-order valence-electron chi connectivity index (χ4n) is 3.42. The first-order valence-corrected chi connectivity index (χ1v) is 12.1. The SMILES string of the molecule is NC(=O)CCC(NC(=O)C(CCC(=O)O)NC(=O)C(CCC(=O)O)NC(=O)C(N)Cc1ccc(O)cc1)C(=O)O. The Kier molecular flexibility index (Phi) is 13.6. The molecule has 40 heavy (non-hydrogen) atoms. The average Bonchev–Trinajstić information content (AvgIpc) is 2.86. The molecule has 1 rings (SSSR count). The fraction of sp³-hybridized carbons (Fsp3) is 0.458. The van der Waals surface area contributed by atoms with Crippen LogP contribution >= 0.6 is 0 Å². The Hall–Kier alpha value is -4.73. The van der Waals surface area contributed by atoms with Gasteiger partial charge in [0, 0.05) is 19.3 Å². The number of carboxylic acids is 3. The van der Waals surface area contributed by atoms with Crippen molar-refractivity contribution in [3.05, 3.63) is 29.8 Å². The van der Waals surface area contributed by atoms with Gasteiger partial charge in [-0.2, -0.15) is 0 Å². The number of phenols is 1. The topological polar surface area (TPSA) is 289 Å². The van der Waals surface area contributed by atoms with Gasteiger partial charge in [0.1, 0.15) is 23.9 Å². The Balaban J connectivity index is 3.04. The highest BCUT2D eigenvalue weighted by molar-refractivity contribution is 5.94. The highest BCUT2D eigenvalue weighted by Crippen LogP contribution is 2.11. The van der Waals surface area contributed by atoms with Gasteiger partial charge < -0.3 is 47.8 Å². The number of hydrogen-bond donors (Lipinski definition) is 9. The Morgan fingerprint density at radius 3 is 1.52 bits per heavy atom. The van der Waals surface area contributed by atoms with E-state index in [4.69, 9.17) is 21.7 Å². The minimum absolute atomic E-state index is 0.00351. The molecule has 1 aromatic rings. The second-order valence-electron chi connectivity index (χ2n) is 8.87. The summed E-state index contributed by atoms with van der Waals surface area (Å²) < 4.78 is 0. The van der Waals surface area contributed by atoms with Gasteiger partial charge in [0.2, 0.25) is 23.6 Å². The van der Waals surface area contributed by atoms with Crippen LogP contribution < -0.4 is 27.4 Å². The molecule has 220 valence electrons. The largest absolute Gasteiger partial charge is 0.508 e. The molecule has 0 saturated carbocycles. The maximum atomic E-state index is 13.0. The zero-order valence-electron chi connectivity index (χ0n) is 21.4. The molecule has 1 aromatic carbocycles. The summed E-state index contributed by atoms with van der Waals surface area (Å²) in [6, 6.07) is -0.0362. The van der Waals surface area contributed by atoms with Crippen LogP contribution in [0.3, 0.4) is 0 Å². The molecule has 0 saturated heterocycles. The van der Waals surface area contributed by atoms with Crippen molar-refractivity contribution in [2.24, 2.45) is 11.5 Å². The lowest BCUT2D eigenvalue weighted by Gasteiger charge is -2.25. The Labute approximate surface area is 228 Å². The van der Waals surface area contributed by atoms with Crippen LogP contribution in [0.5, 0.6) is 5.75 Å². The number of aromatic hydroxyl groups is 1. The molecule has 0 aliphatic rings. The molecule has 0 heterocycles. The molecular formula is C24H33N5O11. The zero-order valence-corrected chi connectivity index (χ0v) is 21.4. The van der Waals surface area contributed by atoms with Gasteiger partial charge in [-0.15, -0.1) is 0 Å². The van der Waals surface area contributed by atoms with Crippen LogP contribution in [0.15, 0.2) is 24.3 Å². The van der Waals surface area contributed by atoms with Crippen molar-refractivity contribution < 1.29 is 54.0 Å². The third-order valence-corrected chi connectivity index (χ3v) is 5.58. The molecular weight excluding hydrogens is 534 g/mol. The van der Waals surface area contributed by atoms with E-state index in [-0.39, 0.29) is 25.0 Å². The third-order valence-electron chi connectivity index (χ3n) is 5.58. The molecule has 4 unspecified atom stereocenters. The molecule has 0 aliphatic heterocycles. The predicted octanol–water partition coefficient (Wildman–Crippen LogP) is -2.20. The van der Waals surface area contributed by atoms with Crippen LogP contribution in [0.25, 0.3) is 0 Å². The van der Waals surface area contributed by atoms with Crippen LogP contribution in [0.1, 0.15) is 44.1 Å². The molecule has 11 N–H and O–H groups in total. The van der Waals surface area contributed by atoms with E-state index in [1.807, 2.05) is 0 Å². The summed E-state index contributed by atoms with van der Waals surface area (Å²) in [5.41, 5.74) is 11.5. The maximum Gasteiger partial charge on any atom is 0.326 e. The van der Waals surface area contributed by atoms with Crippen molar-refractivity contribution in [1.82, 2.24) is 16.0 Å². The van der Waals surface area contributed by atoms with Gasteiger partial charge in [-0.05, 0) is 43.4 Å². The number of carboxylic acid groups (broad SMARTS) is 3. The average molecular weight is 568 g/mol. The number of benzene rings is 1. The standard InChI is InChI=1S/C24H33N5O11/c25-14(11-12-1-3-13(30)4-2-12)21(36)27-15(6-9-19(32)33)22(37)28-16(7-10-20(34)35)23(38)29-17(24(39)40)5-8-18(26)31/h1-4,14-17,30H,5-11,25H2,(H2,26,31)(H,27,36)(H,28,37)(H,29,38)(H,32,33)(H,34,35)(H,39,40). The quantitative estimate of drug-likeness (QED) is 0.0913. The number of phenolic OH excluding ortho intramolecular Hbond substituents is 1. The number of aliphatic carboxylic acids is 3. The van der Waals surface area contributed by atoms with Crippen LogP contribution in [0.4, 0.5) is 0 Å². The summed E-state index contributed by atoms with van der Waals surface area (Å²) in [6.45, 7) is 0. The first-order chi connectivity index (χ1) is 18.7. The van der Waals surface area contributed by atoms with Gasteiger partial charge in [-0.25, -0.2) is 4.79 Å². The third kappa shape index (κ3) is 12.7. The van der Waals surface area contributed by atoms with Crippen LogP contribution in [-0.4, -0.2) is 86.1 Å². The number of carbonyl (C=O) groups is 7. The molecule has 0 spiro atoms. The highest BCUT2D eigenvalue weighted by atomic mass is 16.4. The van der Waals surface area contributed by atoms with E-state index < -0.39 is 91.4 Å². The van der Waals surface area contributed by atoms with Crippen molar-refractivity contribution in [2.45, 2.75) is 69.1 Å². The number of primary amides is 1. The molecule has 4 amide bonds. The number of rotatable bonds is 18. The van der Waals surface area contributed by atoms with E-state index in [9.17, 15) is 43.8 Å². The van der Waals surface area contributed by atoms with Gasteiger partial charge in [0.25, 0.3) is 0 Å². The Morgan fingerprint density at radius 1 is 0.675 bits per heavy atom. The minimum Gasteiger partial charge on any atom is -0.508 e. The molecule has 0 aliphatic carbocycles. The lowest BCUT2D eigenvalue weighted by Crippen LogP contribution is -2.57. The lowest BCUT2D eigenvalue weighted by molar-refractivity contribution is -0.143. The van der Waals surface area contributed by atoms with Crippen LogP contribution in [-0.2, 0) is 40.0 Å². The Morgan fingerprint density at radius 2 is 1.10 bits per heavy atom. The van der Waals surface area contributed by atoms with Crippen LogP contribution in [0, 0.1) is 0 Å². The van der Waals surface area contributed by atoms with Gasteiger partial charge in [-0.1, -0.05) is 12.1 Å². The molecule has 16 heteroatoms. The minimum atomic E-state index is -1.59. The van der Waals surface area contributed by atoms with Crippen molar-refractivity contribution >= 4 is 41.5 Å². The van der Waals surface area contributed by atoms with Gasteiger partial charge in [0.05, 0.1) is 6.04 Å². The van der Waals surface area contributed by atoms with E-state index in [1.165, 1.54) is 24.3 Å². The van der Waals surface area contributed by atoms with E-state index in [0.29, 0.717) is 5.56 Å². The molecule has 16 nitrogen and oxygen atoms in total. The lowest BCUT2D eigenvalue weighted by atomic mass is 10.0. The summed E-state index contributed by atoms with van der Waals surface area (Å²) in [5, 5.41) is 43.4. The normalized spacial score (nSPS) is 13.6. The van der Waals surface area contributed by atoms with Crippen molar-refractivity contribution in [2.75, 3.05) is 0 Å². The molecule has 0 fully saturated rings. The summed E-state index contributed by atoms with van der Waals surface area (Å²) in [6.07, 6.45) is -2.81. The summed E-state index contributed by atoms with van der Waals surface area (Å²) in [4.78, 5) is 83.1. The van der Waals surface area contributed by atoms with Gasteiger partial charge >= 0.3 is 17.9 Å². The van der Waals surface area contributed by atoms with Crippen molar-refractivity contribution in [1.29, 1.82) is 0 Å². The monoisotopic (exact) mass is 567 g/mol. The maximum absolute atomic E-state index is 13.0. The van der Waals surface area contributed by atoms with Crippen molar-refractivity contribution in [3.63, 3.8) is 0 Å². The summed E-state index contributed by atoms with van der Waals surface area (Å²) in [7, 11) is 0. The highest BCUT2D eigenvalue weighted by Gasteiger charge is 2.31. The second kappa shape index (κ2) is 16.3. The summed E-state index contributed by atoms with van der Waals surface area (Å²) in [5.74, 6) is -7.91. The molecule has 0 bridgehead atoms. The number of nitrogens with one attached hydrogen (secondary N) is 3. The smallest absolute Gasteiger partial charge is 0.326 e. The van der Waals surface area contributed by atoms with E-state index in [2.05, 4.69) is 16.0 Å². The number of carbonyl (C=O) groups excluding carboxylic acids is 4. The second-order valence-corrected chi connectivity index (χ2v) is 8.87. The Bertz CT molecular complexity index is 1090. The zero-order chi connectivity index (χ0) is 30.4. The predicted molar refractivity (Wildman–Crippen MR) is 135 cm³/mol. The van der Waals surface area contributed by atoms with E-state index in [1.54, 1.807) is 0 Å². The van der Waals surface area contributed by atoms with Crippen LogP contribution in [0.2, 0.25) is 0 Å². The number of hydrogen-bond acceptors (Lipinski definition) is 9. The van der Waals surface area contributed by atoms with E-state index in [0.717, 1.165) is 0 Å². The molecule has 4 atom stereocenters. The molecule has 0 aromatic heterocycles. The van der Waals surface area contributed by atoms with E-state index >= 15 is 0 Å².